The molecule has 2 rings (SSSR count). The lowest BCUT2D eigenvalue weighted by Crippen LogP contribution is -2.24. The predicted molar refractivity (Wildman–Crippen MR) is 68.4 cm³/mol. The van der Waals surface area contributed by atoms with E-state index < -0.39 is 17.5 Å². The highest BCUT2D eigenvalue weighted by atomic mass is 19.1. The SMILES string of the molecule is Nc1ccccc1C(=O)NCc1ccc(F)cc1F. The first-order chi connectivity index (χ1) is 9.08. The number of nitrogens with two attached hydrogens (primary N) is 1. The molecule has 19 heavy (non-hydrogen) atoms. The quantitative estimate of drug-likeness (QED) is 0.835. The Morgan fingerprint density at radius 3 is 2.58 bits per heavy atom. The number of amides is 1. The number of halogens is 2. The Hall–Kier alpha value is -2.43. The van der Waals surface area contributed by atoms with Gasteiger partial charge in [-0.15, -0.1) is 0 Å². The molecule has 0 saturated carbocycles. The van der Waals surface area contributed by atoms with Crippen molar-refractivity contribution in [3.63, 3.8) is 0 Å². The average Bonchev–Trinajstić information content (AvgIpc) is 2.38. The van der Waals surface area contributed by atoms with Crippen LogP contribution < -0.4 is 11.1 Å². The Bertz CT molecular complexity index is 614. The van der Waals surface area contributed by atoms with Crippen LogP contribution in [0.3, 0.4) is 0 Å². The van der Waals surface area contributed by atoms with Gasteiger partial charge in [0.15, 0.2) is 0 Å². The summed E-state index contributed by atoms with van der Waals surface area (Å²) in [5.41, 5.74) is 6.54. The molecule has 2 aromatic rings. The highest BCUT2D eigenvalue weighted by Crippen LogP contribution is 2.12. The first-order valence-electron chi connectivity index (χ1n) is 5.64. The van der Waals surface area contributed by atoms with E-state index in [0.717, 1.165) is 12.1 Å². The van der Waals surface area contributed by atoms with Crippen LogP contribution in [0.4, 0.5) is 14.5 Å². The maximum atomic E-state index is 13.4. The Labute approximate surface area is 109 Å². The van der Waals surface area contributed by atoms with Crippen LogP contribution in [0.2, 0.25) is 0 Å². The van der Waals surface area contributed by atoms with E-state index in [0.29, 0.717) is 11.3 Å². The van der Waals surface area contributed by atoms with Crippen molar-refractivity contribution in [2.75, 3.05) is 5.73 Å². The summed E-state index contributed by atoms with van der Waals surface area (Å²) in [6.45, 7) is -0.0285. The van der Waals surface area contributed by atoms with E-state index in [1.165, 1.54) is 6.07 Å². The van der Waals surface area contributed by atoms with Gasteiger partial charge < -0.3 is 11.1 Å². The second-order valence-corrected chi connectivity index (χ2v) is 4.01. The maximum absolute atomic E-state index is 13.4. The van der Waals surface area contributed by atoms with E-state index in [-0.39, 0.29) is 12.1 Å². The van der Waals surface area contributed by atoms with Crippen molar-refractivity contribution >= 4 is 11.6 Å². The summed E-state index contributed by atoms with van der Waals surface area (Å²) in [7, 11) is 0. The molecule has 0 aromatic heterocycles. The van der Waals surface area contributed by atoms with Crippen molar-refractivity contribution in [3.8, 4) is 0 Å². The minimum absolute atomic E-state index is 0.0285. The number of nitrogens with one attached hydrogen (secondary N) is 1. The zero-order valence-electron chi connectivity index (χ0n) is 9.99. The fourth-order valence-electron chi connectivity index (χ4n) is 1.64. The normalized spacial score (nSPS) is 10.2. The number of rotatable bonds is 3. The summed E-state index contributed by atoms with van der Waals surface area (Å²) in [4.78, 5) is 11.8. The minimum atomic E-state index is -0.693. The number of benzene rings is 2. The number of hydrogen-bond donors (Lipinski definition) is 2. The molecule has 3 nitrogen and oxygen atoms in total. The molecule has 0 radical (unpaired) electrons. The highest BCUT2D eigenvalue weighted by Gasteiger charge is 2.10. The molecule has 1 amide bonds. The molecule has 0 fully saturated rings. The molecule has 0 saturated heterocycles. The summed E-state index contributed by atoms with van der Waals surface area (Å²) in [5, 5.41) is 2.53. The molecule has 0 heterocycles. The topological polar surface area (TPSA) is 55.1 Å². The summed E-state index contributed by atoms with van der Waals surface area (Å²) in [6.07, 6.45) is 0. The number of hydrogen-bond acceptors (Lipinski definition) is 2. The zero-order valence-corrected chi connectivity index (χ0v) is 9.99. The van der Waals surface area contributed by atoms with Gasteiger partial charge in [-0.05, 0) is 18.2 Å². The Morgan fingerprint density at radius 2 is 1.89 bits per heavy atom. The summed E-state index contributed by atoms with van der Waals surface area (Å²) >= 11 is 0. The average molecular weight is 262 g/mol. The van der Waals surface area contributed by atoms with Gasteiger partial charge in [0.2, 0.25) is 0 Å². The van der Waals surface area contributed by atoms with Crippen LogP contribution in [-0.4, -0.2) is 5.91 Å². The number of para-hydroxylation sites is 1. The van der Waals surface area contributed by atoms with Crippen molar-refractivity contribution in [1.29, 1.82) is 0 Å². The molecule has 3 N–H and O–H groups in total. The van der Waals surface area contributed by atoms with Gasteiger partial charge in [0.05, 0.1) is 5.56 Å². The second-order valence-electron chi connectivity index (χ2n) is 4.01. The molecule has 5 heteroatoms. The molecule has 0 aliphatic rings. The number of nitrogen functional groups attached to an aromatic ring is 1. The van der Waals surface area contributed by atoms with Crippen LogP contribution in [0, 0.1) is 11.6 Å². The maximum Gasteiger partial charge on any atom is 0.253 e. The van der Waals surface area contributed by atoms with Gasteiger partial charge in [-0.1, -0.05) is 18.2 Å². The Balaban J connectivity index is 2.07. The van der Waals surface area contributed by atoms with Gasteiger partial charge >= 0.3 is 0 Å². The Kier molecular flexibility index (Phi) is 3.75. The van der Waals surface area contributed by atoms with Gasteiger partial charge in [-0.25, -0.2) is 8.78 Å². The van der Waals surface area contributed by atoms with Gasteiger partial charge in [0.1, 0.15) is 11.6 Å². The predicted octanol–water partition coefficient (Wildman–Crippen LogP) is 2.48. The van der Waals surface area contributed by atoms with Crippen molar-refractivity contribution in [2.45, 2.75) is 6.54 Å². The molecule has 0 spiro atoms. The van der Waals surface area contributed by atoms with E-state index in [9.17, 15) is 13.6 Å². The smallest absolute Gasteiger partial charge is 0.253 e. The number of carbonyl (C=O) groups excluding carboxylic acids is 1. The van der Waals surface area contributed by atoms with E-state index in [1.807, 2.05) is 0 Å². The van der Waals surface area contributed by atoms with Gasteiger partial charge in [-0.3, -0.25) is 4.79 Å². The third-order valence-electron chi connectivity index (χ3n) is 2.66. The van der Waals surface area contributed by atoms with Crippen LogP contribution >= 0.6 is 0 Å². The Morgan fingerprint density at radius 1 is 1.16 bits per heavy atom. The summed E-state index contributed by atoms with van der Waals surface area (Å²) < 4.78 is 26.1. The van der Waals surface area contributed by atoms with Crippen LogP contribution in [0.25, 0.3) is 0 Å². The van der Waals surface area contributed by atoms with Crippen LogP contribution in [0.5, 0.6) is 0 Å². The van der Waals surface area contributed by atoms with E-state index in [1.54, 1.807) is 24.3 Å². The molecule has 0 aliphatic carbocycles. The zero-order chi connectivity index (χ0) is 13.8. The summed E-state index contributed by atoms with van der Waals surface area (Å²) in [6, 6.07) is 9.79. The fourth-order valence-corrected chi connectivity index (χ4v) is 1.64. The van der Waals surface area contributed by atoms with Gasteiger partial charge in [0.25, 0.3) is 5.91 Å². The lowest BCUT2D eigenvalue weighted by atomic mass is 10.1. The van der Waals surface area contributed by atoms with E-state index in [4.69, 9.17) is 5.73 Å². The van der Waals surface area contributed by atoms with Crippen molar-refractivity contribution in [1.82, 2.24) is 5.32 Å². The largest absolute Gasteiger partial charge is 0.398 e. The number of anilines is 1. The molecule has 0 unspecified atom stereocenters. The lowest BCUT2D eigenvalue weighted by Gasteiger charge is -2.08. The van der Waals surface area contributed by atoms with Crippen molar-refractivity contribution in [2.24, 2.45) is 0 Å². The molecule has 0 atom stereocenters. The molecule has 0 aliphatic heterocycles. The molecule has 98 valence electrons. The summed E-state index contributed by atoms with van der Waals surface area (Å²) in [5.74, 6) is -1.75. The third kappa shape index (κ3) is 3.07. The van der Waals surface area contributed by atoms with E-state index in [2.05, 4.69) is 5.32 Å². The standard InChI is InChI=1S/C14H12F2N2O/c15-10-6-5-9(12(16)7-10)8-18-14(19)11-3-1-2-4-13(11)17/h1-7H,8,17H2,(H,18,19). The van der Waals surface area contributed by atoms with Gasteiger partial charge in [-0.2, -0.15) is 0 Å². The van der Waals surface area contributed by atoms with Gasteiger partial charge in [0, 0.05) is 23.9 Å². The van der Waals surface area contributed by atoms with Crippen molar-refractivity contribution in [3.05, 3.63) is 65.2 Å². The monoisotopic (exact) mass is 262 g/mol. The fraction of sp³-hybridized carbons (Fsp3) is 0.0714. The second kappa shape index (κ2) is 5.48. The van der Waals surface area contributed by atoms with E-state index >= 15 is 0 Å². The van der Waals surface area contributed by atoms with Crippen LogP contribution in [0.15, 0.2) is 42.5 Å². The molecule has 0 bridgehead atoms. The minimum Gasteiger partial charge on any atom is -0.398 e. The van der Waals surface area contributed by atoms with Crippen molar-refractivity contribution < 1.29 is 13.6 Å². The first kappa shape index (κ1) is 13.0. The molecular formula is C14H12F2N2O. The van der Waals surface area contributed by atoms with Crippen LogP contribution in [-0.2, 0) is 6.54 Å². The lowest BCUT2D eigenvalue weighted by molar-refractivity contribution is 0.0951. The first-order valence-corrected chi connectivity index (χ1v) is 5.64. The highest BCUT2D eigenvalue weighted by molar-refractivity contribution is 5.98. The third-order valence-corrected chi connectivity index (χ3v) is 2.66. The molecule has 2 aromatic carbocycles. The molecular weight excluding hydrogens is 250 g/mol. The number of carbonyl (C=O) groups is 1. The van der Waals surface area contributed by atoms with Crippen LogP contribution in [0.1, 0.15) is 15.9 Å².